The van der Waals surface area contributed by atoms with Crippen LogP contribution in [0.15, 0.2) is 78.2 Å². The van der Waals surface area contributed by atoms with Gasteiger partial charge in [-0.25, -0.2) is 0 Å². The molecule has 0 atom stereocenters. The van der Waals surface area contributed by atoms with Crippen molar-refractivity contribution in [1.29, 1.82) is 0 Å². The fourth-order valence-corrected chi connectivity index (χ4v) is 3.15. The minimum atomic E-state index is -0.129. The minimum absolute atomic E-state index is 0.129. The van der Waals surface area contributed by atoms with Crippen molar-refractivity contribution < 1.29 is 9.59 Å². The second-order valence-electron chi connectivity index (χ2n) is 8.07. The molecule has 0 bridgehead atoms. The summed E-state index contributed by atoms with van der Waals surface area (Å²) >= 11 is 0. The van der Waals surface area contributed by atoms with Crippen molar-refractivity contribution in [1.82, 2.24) is 4.98 Å². The normalized spacial score (nSPS) is 14.9. The van der Waals surface area contributed by atoms with E-state index in [1.165, 1.54) is 19.3 Å². The number of allylic oxidation sites excluding steroid dienone is 6. The Morgan fingerprint density at radius 3 is 2.39 bits per heavy atom. The number of hydrogen-bond acceptors (Lipinski definition) is 3. The van der Waals surface area contributed by atoms with Crippen LogP contribution < -0.4 is 0 Å². The van der Waals surface area contributed by atoms with Gasteiger partial charge in [-0.15, -0.1) is 0 Å². The Hall–Kier alpha value is -3.07. The number of pyridine rings is 1. The molecule has 0 unspecified atom stereocenters. The molecular weight excluding hydrogens is 382 g/mol. The molecule has 1 aliphatic rings. The molecule has 1 aromatic carbocycles. The first-order valence-electron chi connectivity index (χ1n) is 11.0. The fraction of sp³-hybridized carbons (Fsp3) is 0.321. The standard InChI is InChI=1S/C23H23NO2.C5H10/c1-4-17(2)21(23(26)22-12-6-5-10-20(22)16-25)13-7-9-18(3)19-11-8-14-24-15-19;1-5-3-2-4-5/h5-16H,4H2,1-3H3;5H,2-4H2,1H3/b13-7-,18-9+,21-17-;. The van der Waals surface area contributed by atoms with E-state index in [0.29, 0.717) is 16.7 Å². The Labute approximate surface area is 186 Å². The van der Waals surface area contributed by atoms with Crippen LogP contribution in [0, 0.1) is 5.92 Å². The van der Waals surface area contributed by atoms with Crippen LogP contribution in [-0.2, 0) is 0 Å². The van der Waals surface area contributed by atoms with Crippen LogP contribution in [0.4, 0.5) is 0 Å². The van der Waals surface area contributed by atoms with E-state index in [0.717, 1.165) is 35.3 Å². The number of Topliss-reactive ketones (excluding diaryl/α,β-unsaturated/α-hetero) is 1. The molecule has 3 rings (SSSR count). The molecule has 0 N–H and O–H groups in total. The van der Waals surface area contributed by atoms with Crippen LogP contribution in [-0.4, -0.2) is 17.1 Å². The zero-order valence-electron chi connectivity index (χ0n) is 19.1. The van der Waals surface area contributed by atoms with Gasteiger partial charge in [0.05, 0.1) is 0 Å². The number of hydrogen-bond donors (Lipinski definition) is 0. The third kappa shape index (κ3) is 7.29. The lowest BCUT2D eigenvalue weighted by Crippen LogP contribution is -2.07. The van der Waals surface area contributed by atoms with Crippen LogP contribution >= 0.6 is 0 Å². The van der Waals surface area contributed by atoms with E-state index in [-0.39, 0.29) is 5.78 Å². The first-order chi connectivity index (χ1) is 15.0. The van der Waals surface area contributed by atoms with Crippen LogP contribution in [0.25, 0.3) is 5.57 Å². The lowest BCUT2D eigenvalue weighted by Gasteiger charge is -2.18. The average Bonchev–Trinajstić information content (AvgIpc) is 2.80. The van der Waals surface area contributed by atoms with Crippen molar-refractivity contribution in [2.24, 2.45) is 5.92 Å². The van der Waals surface area contributed by atoms with E-state index < -0.39 is 0 Å². The highest BCUT2D eigenvalue weighted by Crippen LogP contribution is 2.24. The average molecular weight is 416 g/mol. The predicted octanol–water partition coefficient (Wildman–Crippen LogP) is 7.27. The van der Waals surface area contributed by atoms with Crippen LogP contribution in [0.2, 0.25) is 0 Å². The van der Waals surface area contributed by atoms with E-state index in [1.54, 1.807) is 36.7 Å². The highest BCUT2D eigenvalue weighted by molar-refractivity contribution is 6.14. The first-order valence-corrected chi connectivity index (χ1v) is 11.0. The number of aldehydes is 1. The molecule has 0 radical (unpaired) electrons. The van der Waals surface area contributed by atoms with Gasteiger partial charge in [0.25, 0.3) is 0 Å². The van der Waals surface area contributed by atoms with Crippen LogP contribution in [0.1, 0.15) is 79.7 Å². The van der Waals surface area contributed by atoms with Gasteiger partial charge >= 0.3 is 0 Å². The highest BCUT2D eigenvalue weighted by atomic mass is 16.1. The van der Waals surface area contributed by atoms with Gasteiger partial charge in [-0.1, -0.05) is 87.2 Å². The number of aromatic nitrogens is 1. The monoisotopic (exact) mass is 415 g/mol. The number of benzene rings is 1. The zero-order chi connectivity index (χ0) is 22.6. The summed E-state index contributed by atoms with van der Waals surface area (Å²) in [5, 5.41) is 0. The van der Waals surface area contributed by atoms with Gasteiger partial charge < -0.3 is 0 Å². The minimum Gasteiger partial charge on any atom is -0.298 e. The Bertz CT molecular complexity index is 964. The maximum atomic E-state index is 13.0. The van der Waals surface area contributed by atoms with Gasteiger partial charge in [0.2, 0.25) is 0 Å². The van der Waals surface area contributed by atoms with Crippen LogP contribution in [0.5, 0.6) is 0 Å². The summed E-state index contributed by atoms with van der Waals surface area (Å²) in [4.78, 5) is 28.3. The summed E-state index contributed by atoms with van der Waals surface area (Å²) in [6.45, 7) is 8.27. The summed E-state index contributed by atoms with van der Waals surface area (Å²) in [5.74, 6) is 0.936. The molecular formula is C28H33NO2. The molecule has 1 aromatic heterocycles. The quantitative estimate of drug-likeness (QED) is 0.207. The molecule has 3 nitrogen and oxygen atoms in total. The molecule has 162 valence electrons. The third-order valence-electron chi connectivity index (χ3n) is 5.69. The lowest BCUT2D eigenvalue weighted by molar-refractivity contribution is 0.102. The Morgan fingerprint density at radius 1 is 1.13 bits per heavy atom. The van der Waals surface area contributed by atoms with Gasteiger partial charge in [0, 0.05) is 29.1 Å². The number of carbonyl (C=O) groups is 2. The molecule has 2 aromatic rings. The number of rotatable bonds is 7. The predicted molar refractivity (Wildman–Crippen MR) is 129 cm³/mol. The molecule has 0 aliphatic heterocycles. The topological polar surface area (TPSA) is 47.0 Å². The van der Waals surface area contributed by atoms with Crippen molar-refractivity contribution in [3.8, 4) is 0 Å². The van der Waals surface area contributed by atoms with E-state index in [2.05, 4.69) is 11.9 Å². The highest BCUT2D eigenvalue weighted by Gasteiger charge is 2.15. The van der Waals surface area contributed by atoms with Crippen molar-refractivity contribution in [3.05, 3.63) is 94.9 Å². The molecule has 1 heterocycles. The van der Waals surface area contributed by atoms with Gasteiger partial charge in [-0.3, -0.25) is 14.6 Å². The first kappa shape index (κ1) is 24.2. The second kappa shape index (κ2) is 12.6. The zero-order valence-corrected chi connectivity index (χ0v) is 19.1. The Balaban J connectivity index is 0.000000597. The second-order valence-corrected chi connectivity index (χ2v) is 8.07. The molecule has 0 saturated heterocycles. The fourth-order valence-electron chi connectivity index (χ4n) is 3.15. The van der Waals surface area contributed by atoms with Crippen molar-refractivity contribution in [2.75, 3.05) is 0 Å². The summed E-state index contributed by atoms with van der Waals surface area (Å²) in [6.07, 6.45) is 15.1. The molecule has 1 aliphatic carbocycles. The van der Waals surface area contributed by atoms with E-state index >= 15 is 0 Å². The van der Waals surface area contributed by atoms with Crippen LogP contribution in [0.3, 0.4) is 0 Å². The van der Waals surface area contributed by atoms with Gasteiger partial charge in [-0.2, -0.15) is 0 Å². The molecule has 1 saturated carbocycles. The van der Waals surface area contributed by atoms with Crippen molar-refractivity contribution in [2.45, 2.75) is 53.4 Å². The molecule has 3 heteroatoms. The summed E-state index contributed by atoms with van der Waals surface area (Å²) < 4.78 is 0. The summed E-state index contributed by atoms with van der Waals surface area (Å²) in [6, 6.07) is 10.8. The maximum Gasteiger partial charge on any atom is 0.193 e. The largest absolute Gasteiger partial charge is 0.298 e. The van der Waals surface area contributed by atoms with E-state index in [4.69, 9.17) is 0 Å². The van der Waals surface area contributed by atoms with E-state index in [1.807, 2.05) is 51.1 Å². The number of ketones is 1. The van der Waals surface area contributed by atoms with Crippen molar-refractivity contribution >= 4 is 17.6 Å². The Kier molecular flexibility index (Phi) is 9.83. The SMILES string of the molecule is CC/C(C)=C(/C=C\C=C(/C)c1cccnc1)C(=O)c1ccccc1C=O.CC1CCC1. The Morgan fingerprint density at radius 2 is 1.84 bits per heavy atom. The number of nitrogens with zero attached hydrogens (tertiary/aromatic N) is 1. The molecule has 0 amide bonds. The summed E-state index contributed by atoms with van der Waals surface area (Å²) in [5.41, 5.74) is 4.55. The van der Waals surface area contributed by atoms with E-state index in [9.17, 15) is 9.59 Å². The van der Waals surface area contributed by atoms with Gasteiger partial charge in [0.15, 0.2) is 12.1 Å². The summed E-state index contributed by atoms with van der Waals surface area (Å²) in [7, 11) is 0. The lowest BCUT2D eigenvalue weighted by atomic mass is 9.88. The third-order valence-corrected chi connectivity index (χ3v) is 5.69. The molecule has 0 spiro atoms. The maximum absolute atomic E-state index is 13.0. The smallest absolute Gasteiger partial charge is 0.193 e. The van der Waals surface area contributed by atoms with Gasteiger partial charge in [0.1, 0.15) is 0 Å². The molecule has 1 fully saturated rings. The van der Waals surface area contributed by atoms with Crippen molar-refractivity contribution in [3.63, 3.8) is 0 Å². The molecule has 31 heavy (non-hydrogen) atoms. The van der Waals surface area contributed by atoms with Gasteiger partial charge in [-0.05, 0) is 43.4 Å². The number of carbonyl (C=O) groups excluding carboxylic acids is 2.